The molecule has 4 nitrogen and oxygen atoms in total. The number of aryl methyl sites for hydroxylation is 1. The second-order valence-corrected chi connectivity index (χ2v) is 12.7. The molecule has 206 valence electrons. The number of ether oxygens (including phenoxy) is 1. The second kappa shape index (κ2) is 7.25. The van der Waals surface area contributed by atoms with Crippen LogP contribution in [0.15, 0.2) is 59.0 Å². The summed E-state index contributed by atoms with van der Waals surface area (Å²) in [5, 5.41) is 15.2. The average Bonchev–Trinajstić information content (AvgIpc) is 3.16. The molecule has 2 aliphatic rings. The van der Waals surface area contributed by atoms with Crippen LogP contribution in [0, 0.1) is 6.92 Å². The van der Waals surface area contributed by atoms with Crippen molar-refractivity contribution in [2.24, 2.45) is 0 Å². The molecule has 3 aromatic carbocycles. The lowest BCUT2D eigenvalue weighted by Crippen LogP contribution is -2.55. The van der Waals surface area contributed by atoms with E-state index >= 15 is 0 Å². The fourth-order valence-corrected chi connectivity index (χ4v) is 7.73. The Morgan fingerprint density at radius 3 is 2.23 bits per heavy atom. The van der Waals surface area contributed by atoms with Crippen molar-refractivity contribution >= 4 is 32.6 Å². The maximum absolute atomic E-state index is 14.1. The standard InChI is InChI=1S/C33H31F3NO3/c1-17-11-10-14-23-25(17)28-21(16-24(40-28)32(34,35)36)27-20-15-22(29(2,3)4)18-12-8-9-13-19(18)26(20)30(5)31(6,37(23)27)33(30,38)39-7/h8-16,38H,1-7H3/q+1. The summed E-state index contributed by atoms with van der Waals surface area (Å²) in [7, 11) is 1.49. The highest BCUT2D eigenvalue weighted by Crippen LogP contribution is 2.73. The van der Waals surface area contributed by atoms with Gasteiger partial charge in [0, 0.05) is 26.2 Å². The van der Waals surface area contributed by atoms with E-state index in [9.17, 15) is 18.3 Å². The molecule has 0 bridgehead atoms. The van der Waals surface area contributed by atoms with Gasteiger partial charge >= 0.3 is 6.18 Å². The zero-order valence-corrected chi connectivity index (χ0v) is 23.5. The van der Waals surface area contributed by atoms with Gasteiger partial charge in [0.1, 0.15) is 5.41 Å². The number of benzene rings is 3. The van der Waals surface area contributed by atoms with Gasteiger partial charge in [0.25, 0.3) is 0 Å². The normalized spacial score (nSPS) is 25.8. The molecule has 0 amide bonds. The fraction of sp³-hybridized carbons (Fsp3) is 0.364. The summed E-state index contributed by atoms with van der Waals surface area (Å²) in [6, 6.07) is 16.9. The Morgan fingerprint density at radius 1 is 0.925 bits per heavy atom. The summed E-state index contributed by atoms with van der Waals surface area (Å²) in [5.41, 5.74) is 2.77. The molecule has 2 aromatic heterocycles. The number of halogens is 3. The number of aliphatic hydroxyl groups is 1. The van der Waals surface area contributed by atoms with E-state index < -0.39 is 28.7 Å². The van der Waals surface area contributed by atoms with Crippen LogP contribution in [0.3, 0.4) is 0 Å². The first kappa shape index (κ1) is 25.5. The van der Waals surface area contributed by atoms with Crippen LogP contribution >= 0.6 is 0 Å². The summed E-state index contributed by atoms with van der Waals surface area (Å²) in [6.45, 7) is 12.2. The number of methoxy groups -OCH3 is 1. The molecule has 0 saturated heterocycles. The molecule has 7 rings (SSSR count). The van der Waals surface area contributed by atoms with Crippen molar-refractivity contribution in [3.63, 3.8) is 0 Å². The lowest BCUT2D eigenvalue weighted by molar-refractivity contribution is -0.717. The van der Waals surface area contributed by atoms with E-state index in [-0.39, 0.29) is 11.0 Å². The van der Waals surface area contributed by atoms with Crippen LogP contribution in [0.4, 0.5) is 13.2 Å². The van der Waals surface area contributed by atoms with Crippen molar-refractivity contribution in [1.29, 1.82) is 0 Å². The largest absolute Gasteiger partial charge is 0.450 e. The summed E-state index contributed by atoms with van der Waals surface area (Å²) in [5.74, 6) is -2.67. The molecule has 1 N–H and O–H groups in total. The van der Waals surface area contributed by atoms with E-state index in [1.165, 1.54) is 7.11 Å². The van der Waals surface area contributed by atoms with Crippen LogP contribution < -0.4 is 4.57 Å². The summed E-state index contributed by atoms with van der Waals surface area (Å²) in [4.78, 5) is 0. The molecule has 0 radical (unpaired) electrons. The zero-order chi connectivity index (χ0) is 28.8. The predicted octanol–water partition coefficient (Wildman–Crippen LogP) is 7.65. The summed E-state index contributed by atoms with van der Waals surface area (Å²) < 4.78 is 56.0. The van der Waals surface area contributed by atoms with Gasteiger partial charge in [0.15, 0.2) is 5.58 Å². The van der Waals surface area contributed by atoms with Crippen LogP contribution in [0.25, 0.3) is 43.9 Å². The van der Waals surface area contributed by atoms with Crippen molar-refractivity contribution in [3.8, 4) is 11.3 Å². The zero-order valence-electron chi connectivity index (χ0n) is 23.5. The Balaban J connectivity index is 1.81. The van der Waals surface area contributed by atoms with Crippen LogP contribution in [0.1, 0.15) is 57.1 Å². The highest BCUT2D eigenvalue weighted by Gasteiger charge is 2.94. The number of alkyl halides is 3. The smallest absolute Gasteiger partial charge is 0.449 e. The van der Waals surface area contributed by atoms with E-state index in [2.05, 4.69) is 32.9 Å². The van der Waals surface area contributed by atoms with Gasteiger partial charge in [-0.25, -0.2) is 0 Å². The van der Waals surface area contributed by atoms with Gasteiger partial charge in [-0.1, -0.05) is 57.2 Å². The van der Waals surface area contributed by atoms with Crippen LogP contribution in [0.2, 0.25) is 0 Å². The first-order chi connectivity index (χ1) is 18.6. The average molecular weight is 547 g/mol. The van der Waals surface area contributed by atoms with Crippen molar-refractivity contribution in [2.45, 2.75) is 69.9 Å². The number of rotatable bonds is 1. The molecule has 1 saturated carbocycles. The van der Waals surface area contributed by atoms with E-state index in [0.29, 0.717) is 22.0 Å². The van der Waals surface area contributed by atoms with Crippen molar-refractivity contribution in [2.75, 3.05) is 7.11 Å². The number of fused-ring (bicyclic) bond motifs is 13. The van der Waals surface area contributed by atoms with E-state index in [0.717, 1.165) is 39.1 Å². The maximum Gasteiger partial charge on any atom is 0.449 e. The number of hydrogen-bond donors (Lipinski definition) is 1. The molecule has 1 aliphatic carbocycles. The topological polar surface area (TPSA) is 46.5 Å². The van der Waals surface area contributed by atoms with Crippen LogP contribution in [-0.2, 0) is 27.3 Å². The number of aromatic nitrogens is 1. The molecule has 1 aliphatic heterocycles. The lowest BCUT2D eigenvalue weighted by atomic mass is 9.74. The molecule has 1 fully saturated rings. The lowest BCUT2D eigenvalue weighted by Gasteiger charge is -2.30. The minimum Gasteiger partial charge on any atom is -0.450 e. The number of pyridine rings is 1. The molecular weight excluding hydrogens is 515 g/mol. The molecule has 5 aromatic rings. The first-order valence-electron chi connectivity index (χ1n) is 13.5. The molecule has 40 heavy (non-hydrogen) atoms. The van der Waals surface area contributed by atoms with Gasteiger partial charge in [-0.15, -0.1) is 0 Å². The molecular formula is C33H31F3NO3+. The van der Waals surface area contributed by atoms with Gasteiger partial charge < -0.3 is 14.3 Å². The minimum absolute atomic E-state index is 0.192. The first-order valence-corrected chi connectivity index (χ1v) is 13.5. The fourth-order valence-electron chi connectivity index (χ4n) is 7.73. The van der Waals surface area contributed by atoms with Gasteiger partial charge in [0.05, 0.1) is 16.3 Å². The number of hydrogen-bond acceptors (Lipinski definition) is 3. The van der Waals surface area contributed by atoms with Crippen LogP contribution in [0.5, 0.6) is 0 Å². The minimum atomic E-state index is -4.66. The van der Waals surface area contributed by atoms with E-state index in [1.54, 1.807) is 0 Å². The second-order valence-electron chi connectivity index (χ2n) is 12.7. The van der Waals surface area contributed by atoms with Gasteiger partial charge in [0.2, 0.25) is 28.3 Å². The van der Waals surface area contributed by atoms with Crippen molar-refractivity contribution in [3.05, 3.63) is 77.0 Å². The molecule has 7 heteroatoms. The van der Waals surface area contributed by atoms with Crippen molar-refractivity contribution < 1.29 is 32.0 Å². The Morgan fingerprint density at radius 2 is 1.60 bits per heavy atom. The highest BCUT2D eigenvalue weighted by molar-refractivity contribution is 6.10. The molecule has 3 unspecified atom stereocenters. The van der Waals surface area contributed by atoms with Crippen LogP contribution in [-0.4, -0.2) is 18.0 Å². The maximum atomic E-state index is 14.1. The third kappa shape index (κ3) is 2.64. The third-order valence-corrected chi connectivity index (χ3v) is 9.81. The Bertz CT molecular complexity index is 1930. The molecule has 3 heterocycles. The Kier molecular flexibility index (Phi) is 4.63. The van der Waals surface area contributed by atoms with Gasteiger partial charge in [-0.3, -0.25) is 0 Å². The SMILES string of the molecule is COC1(O)C2(C)c3c(cc(C(C)(C)C)c4ccccc34)-c3c4cc(C(F)(F)F)oc4c4c(C)cccc4[n+]3C12C. The van der Waals surface area contributed by atoms with Gasteiger partial charge in [-0.05, 0) is 52.8 Å². The third-order valence-electron chi connectivity index (χ3n) is 9.81. The number of nitrogens with zero attached hydrogens (tertiary/aromatic N) is 1. The van der Waals surface area contributed by atoms with Crippen molar-refractivity contribution in [1.82, 2.24) is 0 Å². The predicted molar refractivity (Wildman–Crippen MR) is 148 cm³/mol. The summed E-state index contributed by atoms with van der Waals surface area (Å²) >= 11 is 0. The van der Waals surface area contributed by atoms with Gasteiger partial charge in [-0.2, -0.15) is 17.7 Å². The number of furan rings is 1. The quantitative estimate of drug-likeness (QED) is 0.174. The monoisotopic (exact) mass is 546 g/mol. The Hall–Kier alpha value is -3.42. The Labute approximate surface area is 230 Å². The molecule has 3 atom stereocenters. The van der Waals surface area contributed by atoms with E-state index in [4.69, 9.17) is 9.15 Å². The van der Waals surface area contributed by atoms with E-state index in [1.807, 2.05) is 61.7 Å². The molecule has 0 spiro atoms. The highest BCUT2D eigenvalue weighted by atomic mass is 19.4. The summed E-state index contributed by atoms with van der Waals surface area (Å²) in [6.07, 6.45) is -4.66.